The zero-order chi connectivity index (χ0) is 16.8. The maximum absolute atomic E-state index is 12.1. The lowest BCUT2D eigenvalue weighted by Gasteiger charge is -2.08. The Bertz CT molecular complexity index is 694. The summed E-state index contributed by atoms with van der Waals surface area (Å²) in [6.07, 6.45) is 1.94. The predicted molar refractivity (Wildman–Crippen MR) is 92.1 cm³/mol. The lowest BCUT2D eigenvalue weighted by atomic mass is 10.2. The number of rotatable bonds is 7. The van der Waals surface area contributed by atoms with Crippen LogP contribution in [0.2, 0.25) is 0 Å². The fraction of sp³-hybridized carbons (Fsp3) is 0.263. The molecule has 3 rings (SSSR count). The average Bonchev–Trinajstić information content (AvgIpc) is 3.45. The van der Waals surface area contributed by atoms with Crippen LogP contribution in [0, 0.1) is 5.92 Å². The van der Waals surface area contributed by atoms with Crippen molar-refractivity contribution in [3.63, 3.8) is 0 Å². The molecule has 124 valence electrons. The molecular formula is C19H20N2O3. The van der Waals surface area contributed by atoms with Crippen molar-refractivity contribution in [3.05, 3.63) is 60.2 Å². The highest BCUT2D eigenvalue weighted by Gasteiger charge is 2.29. The van der Waals surface area contributed by atoms with Gasteiger partial charge in [-0.25, -0.2) is 0 Å². The molecule has 1 fully saturated rings. The third-order valence-corrected chi connectivity index (χ3v) is 3.76. The number of nitrogens with one attached hydrogen (secondary N) is 2. The van der Waals surface area contributed by atoms with Crippen LogP contribution in [0.1, 0.15) is 23.2 Å². The maximum Gasteiger partial charge on any atom is 0.251 e. The zero-order valence-corrected chi connectivity index (χ0v) is 13.3. The van der Waals surface area contributed by atoms with E-state index in [0.29, 0.717) is 18.7 Å². The van der Waals surface area contributed by atoms with E-state index in [1.807, 2.05) is 30.3 Å². The van der Waals surface area contributed by atoms with Gasteiger partial charge in [0.25, 0.3) is 5.91 Å². The molecular weight excluding hydrogens is 304 g/mol. The number of ether oxygens (including phenoxy) is 1. The second-order valence-electron chi connectivity index (χ2n) is 5.76. The first-order valence-corrected chi connectivity index (χ1v) is 8.09. The van der Waals surface area contributed by atoms with E-state index in [2.05, 4.69) is 10.6 Å². The van der Waals surface area contributed by atoms with E-state index >= 15 is 0 Å². The zero-order valence-electron chi connectivity index (χ0n) is 13.3. The van der Waals surface area contributed by atoms with E-state index in [1.165, 1.54) is 0 Å². The number of benzene rings is 2. The molecule has 5 nitrogen and oxygen atoms in total. The molecule has 0 unspecified atom stereocenters. The molecule has 0 saturated heterocycles. The minimum absolute atomic E-state index is 0.0604. The van der Waals surface area contributed by atoms with Gasteiger partial charge in [0.15, 0.2) is 0 Å². The highest BCUT2D eigenvalue weighted by molar-refractivity contribution is 5.96. The first kappa shape index (κ1) is 16.1. The van der Waals surface area contributed by atoms with Crippen molar-refractivity contribution in [1.29, 1.82) is 0 Å². The summed E-state index contributed by atoms with van der Waals surface area (Å²) in [5.74, 6) is 0.845. The van der Waals surface area contributed by atoms with Crippen LogP contribution in [0.4, 0.5) is 5.69 Å². The molecule has 1 aliphatic carbocycles. The van der Waals surface area contributed by atoms with Gasteiger partial charge in [0.2, 0.25) is 5.91 Å². The number of anilines is 1. The maximum atomic E-state index is 12.1. The summed E-state index contributed by atoms with van der Waals surface area (Å²) < 4.78 is 5.52. The molecule has 0 heterocycles. The molecule has 5 heteroatoms. The van der Waals surface area contributed by atoms with E-state index in [-0.39, 0.29) is 17.7 Å². The van der Waals surface area contributed by atoms with Crippen molar-refractivity contribution in [2.45, 2.75) is 12.8 Å². The van der Waals surface area contributed by atoms with Crippen molar-refractivity contribution in [3.8, 4) is 5.75 Å². The molecule has 0 aromatic heterocycles. The van der Waals surface area contributed by atoms with Gasteiger partial charge in [0, 0.05) is 17.2 Å². The molecule has 0 aliphatic heterocycles. The Morgan fingerprint density at radius 3 is 2.38 bits per heavy atom. The summed E-state index contributed by atoms with van der Waals surface area (Å²) in [6.45, 7) is 0.833. The molecule has 24 heavy (non-hydrogen) atoms. The van der Waals surface area contributed by atoms with Crippen LogP contribution in [0.3, 0.4) is 0 Å². The molecule has 2 aromatic carbocycles. The Balaban J connectivity index is 1.42. The van der Waals surface area contributed by atoms with Gasteiger partial charge in [-0.15, -0.1) is 0 Å². The number of carbonyl (C=O) groups excluding carboxylic acids is 2. The highest BCUT2D eigenvalue weighted by atomic mass is 16.5. The molecule has 2 amide bonds. The Labute approximate surface area is 141 Å². The largest absolute Gasteiger partial charge is 0.492 e. The number of para-hydroxylation sites is 1. The second-order valence-corrected chi connectivity index (χ2v) is 5.76. The van der Waals surface area contributed by atoms with Crippen LogP contribution >= 0.6 is 0 Å². The van der Waals surface area contributed by atoms with Gasteiger partial charge in [-0.1, -0.05) is 18.2 Å². The first-order valence-electron chi connectivity index (χ1n) is 8.09. The predicted octanol–water partition coefficient (Wildman–Crippen LogP) is 2.84. The summed E-state index contributed by atoms with van der Waals surface area (Å²) in [7, 11) is 0. The van der Waals surface area contributed by atoms with Gasteiger partial charge in [-0.3, -0.25) is 9.59 Å². The van der Waals surface area contributed by atoms with Crippen LogP contribution < -0.4 is 15.4 Å². The molecule has 1 saturated carbocycles. The average molecular weight is 324 g/mol. The molecule has 0 atom stereocenters. The van der Waals surface area contributed by atoms with Crippen LogP contribution in [-0.2, 0) is 4.79 Å². The number of hydrogen-bond donors (Lipinski definition) is 2. The second kappa shape index (κ2) is 7.64. The van der Waals surface area contributed by atoms with Gasteiger partial charge >= 0.3 is 0 Å². The third kappa shape index (κ3) is 4.59. The Kier molecular flexibility index (Phi) is 5.11. The highest BCUT2D eigenvalue weighted by Crippen LogP contribution is 2.30. The minimum atomic E-state index is -0.160. The molecule has 2 N–H and O–H groups in total. The monoisotopic (exact) mass is 324 g/mol. The summed E-state index contributed by atoms with van der Waals surface area (Å²) >= 11 is 0. The number of hydrogen-bond acceptors (Lipinski definition) is 3. The van der Waals surface area contributed by atoms with E-state index in [1.54, 1.807) is 24.3 Å². The van der Waals surface area contributed by atoms with Crippen LogP contribution in [-0.4, -0.2) is 25.0 Å². The fourth-order valence-electron chi connectivity index (χ4n) is 2.25. The van der Waals surface area contributed by atoms with Crippen LogP contribution in [0.5, 0.6) is 5.75 Å². The first-order chi connectivity index (χ1) is 11.7. The third-order valence-electron chi connectivity index (χ3n) is 3.76. The number of amides is 2. The van der Waals surface area contributed by atoms with E-state index in [0.717, 1.165) is 24.3 Å². The van der Waals surface area contributed by atoms with E-state index < -0.39 is 0 Å². The molecule has 0 spiro atoms. The van der Waals surface area contributed by atoms with Crippen LogP contribution in [0.25, 0.3) is 0 Å². The van der Waals surface area contributed by atoms with Crippen molar-refractivity contribution in [2.24, 2.45) is 5.92 Å². The lowest BCUT2D eigenvalue weighted by Crippen LogP contribution is -2.28. The summed E-state index contributed by atoms with van der Waals surface area (Å²) in [6, 6.07) is 16.4. The van der Waals surface area contributed by atoms with Gasteiger partial charge in [-0.2, -0.15) is 0 Å². The number of carbonyl (C=O) groups is 2. The smallest absolute Gasteiger partial charge is 0.251 e. The van der Waals surface area contributed by atoms with E-state index in [9.17, 15) is 9.59 Å². The van der Waals surface area contributed by atoms with Crippen LogP contribution in [0.15, 0.2) is 54.6 Å². The minimum Gasteiger partial charge on any atom is -0.492 e. The summed E-state index contributed by atoms with van der Waals surface area (Å²) in [5.41, 5.74) is 1.27. The van der Waals surface area contributed by atoms with Crippen molar-refractivity contribution in [2.75, 3.05) is 18.5 Å². The Morgan fingerprint density at radius 2 is 1.71 bits per heavy atom. The molecule has 1 aliphatic rings. The Hall–Kier alpha value is -2.82. The lowest BCUT2D eigenvalue weighted by molar-refractivity contribution is -0.117. The van der Waals surface area contributed by atoms with Crippen molar-refractivity contribution >= 4 is 17.5 Å². The van der Waals surface area contributed by atoms with Crippen molar-refractivity contribution in [1.82, 2.24) is 5.32 Å². The van der Waals surface area contributed by atoms with Gasteiger partial charge in [0.1, 0.15) is 12.4 Å². The topological polar surface area (TPSA) is 67.4 Å². The standard InChI is InChI=1S/C19H20N2O3/c22-18(20-12-13-24-17-4-2-1-3-5-17)14-8-10-16(11-9-14)21-19(23)15-6-7-15/h1-5,8-11,15H,6-7,12-13H2,(H,20,22)(H,21,23). The summed E-state index contributed by atoms with van der Waals surface area (Å²) in [5, 5.41) is 5.66. The normalized spacial score (nSPS) is 13.2. The van der Waals surface area contributed by atoms with E-state index in [4.69, 9.17) is 4.74 Å². The molecule has 0 bridgehead atoms. The summed E-state index contributed by atoms with van der Waals surface area (Å²) in [4.78, 5) is 23.7. The SMILES string of the molecule is O=C(NCCOc1ccccc1)c1ccc(NC(=O)C2CC2)cc1. The fourth-order valence-corrected chi connectivity index (χ4v) is 2.25. The Morgan fingerprint density at radius 1 is 1.00 bits per heavy atom. The van der Waals surface area contributed by atoms with Crippen molar-refractivity contribution < 1.29 is 14.3 Å². The molecule has 0 radical (unpaired) electrons. The van der Waals surface area contributed by atoms with Gasteiger partial charge in [-0.05, 0) is 49.2 Å². The van der Waals surface area contributed by atoms with Gasteiger partial charge < -0.3 is 15.4 Å². The van der Waals surface area contributed by atoms with Gasteiger partial charge in [0.05, 0.1) is 6.54 Å². The quantitative estimate of drug-likeness (QED) is 0.770. The molecule has 2 aromatic rings.